The smallest absolute Gasteiger partial charge is 0.392 e. The van der Waals surface area contributed by atoms with Crippen LogP contribution in [0.4, 0.5) is 13.2 Å². The molecule has 0 heterocycles. The van der Waals surface area contributed by atoms with Crippen LogP contribution in [0.1, 0.15) is 30.7 Å². The lowest BCUT2D eigenvalue weighted by Crippen LogP contribution is -2.47. The molecule has 2 N–H and O–H groups in total. The van der Waals surface area contributed by atoms with Crippen LogP contribution in [-0.2, 0) is 4.79 Å². The average molecular weight is 287 g/mol. The van der Waals surface area contributed by atoms with Gasteiger partial charge in [-0.05, 0) is 24.8 Å². The molecule has 1 saturated carbocycles. The molecule has 0 radical (unpaired) electrons. The van der Waals surface area contributed by atoms with E-state index < -0.39 is 24.2 Å². The molecule has 0 saturated heterocycles. The van der Waals surface area contributed by atoms with Crippen molar-refractivity contribution in [3.63, 3.8) is 0 Å². The third-order valence-corrected chi connectivity index (χ3v) is 3.64. The number of aliphatic hydroxyl groups is 1. The summed E-state index contributed by atoms with van der Waals surface area (Å²) in [7, 11) is 0. The minimum atomic E-state index is -4.87. The van der Waals surface area contributed by atoms with E-state index in [2.05, 4.69) is 0 Å². The van der Waals surface area contributed by atoms with Crippen molar-refractivity contribution in [2.45, 2.75) is 43.5 Å². The van der Waals surface area contributed by atoms with Gasteiger partial charge in [0.05, 0.1) is 6.10 Å². The summed E-state index contributed by atoms with van der Waals surface area (Å²) in [6.45, 7) is 0. The lowest BCUT2D eigenvalue weighted by Gasteiger charge is -2.33. The Morgan fingerprint density at radius 1 is 1.20 bits per heavy atom. The number of nitrogens with one attached hydrogen (secondary N) is 1. The second kappa shape index (κ2) is 5.83. The van der Waals surface area contributed by atoms with Crippen LogP contribution < -0.4 is 5.32 Å². The topological polar surface area (TPSA) is 49.3 Å². The van der Waals surface area contributed by atoms with Crippen molar-refractivity contribution in [1.29, 1.82) is 0 Å². The SMILES string of the molecule is O=C(N[C@@H]1CC[C@H](c2ccccc2)[C@H](O)C1)C(F)(F)F. The lowest BCUT2D eigenvalue weighted by molar-refractivity contribution is -0.174. The minimum Gasteiger partial charge on any atom is -0.392 e. The zero-order valence-corrected chi connectivity index (χ0v) is 10.7. The summed E-state index contributed by atoms with van der Waals surface area (Å²) in [6.07, 6.45) is -4.50. The van der Waals surface area contributed by atoms with E-state index in [1.165, 1.54) is 0 Å². The van der Waals surface area contributed by atoms with Crippen molar-refractivity contribution in [1.82, 2.24) is 5.32 Å². The zero-order chi connectivity index (χ0) is 14.8. The summed E-state index contributed by atoms with van der Waals surface area (Å²) in [5.74, 6) is -2.02. The second-order valence-corrected chi connectivity index (χ2v) is 5.07. The number of halogens is 3. The van der Waals surface area contributed by atoms with Gasteiger partial charge in [-0.1, -0.05) is 30.3 Å². The molecule has 0 aliphatic heterocycles. The standard InChI is InChI=1S/C14H16F3NO2/c15-14(16,17)13(20)18-10-6-7-11(12(19)8-10)9-4-2-1-3-5-9/h1-5,10-12,19H,6-8H2,(H,18,20)/t10-,11-,12-/m1/s1. The van der Waals surface area contributed by atoms with Gasteiger partial charge in [0.15, 0.2) is 0 Å². The Labute approximate surface area is 114 Å². The van der Waals surface area contributed by atoms with E-state index >= 15 is 0 Å². The number of hydrogen-bond donors (Lipinski definition) is 2. The van der Waals surface area contributed by atoms with Crippen molar-refractivity contribution in [3.05, 3.63) is 35.9 Å². The van der Waals surface area contributed by atoms with Gasteiger partial charge in [0.25, 0.3) is 0 Å². The number of rotatable bonds is 2. The maximum absolute atomic E-state index is 12.2. The van der Waals surface area contributed by atoms with Gasteiger partial charge in [-0.2, -0.15) is 13.2 Å². The molecule has 1 aliphatic rings. The highest BCUT2D eigenvalue weighted by Gasteiger charge is 2.41. The van der Waals surface area contributed by atoms with Gasteiger partial charge in [0, 0.05) is 12.0 Å². The summed E-state index contributed by atoms with van der Waals surface area (Å²) in [4.78, 5) is 10.9. The first-order chi connectivity index (χ1) is 9.38. The van der Waals surface area contributed by atoms with Gasteiger partial charge in [-0.3, -0.25) is 4.79 Å². The summed E-state index contributed by atoms with van der Waals surface area (Å²) < 4.78 is 36.5. The maximum atomic E-state index is 12.2. The van der Waals surface area contributed by atoms with Crippen LogP contribution in [0, 0.1) is 0 Å². The molecule has 0 unspecified atom stereocenters. The average Bonchev–Trinajstić information content (AvgIpc) is 2.38. The molecule has 3 atom stereocenters. The number of hydrogen-bond acceptors (Lipinski definition) is 2. The first-order valence-electron chi connectivity index (χ1n) is 6.48. The van der Waals surface area contributed by atoms with Gasteiger partial charge in [0.1, 0.15) is 0 Å². The van der Waals surface area contributed by atoms with Crippen molar-refractivity contribution >= 4 is 5.91 Å². The van der Waals surface area contributed by atoms with Crippen LogP contribution in [0.3, 0.4) is 0 Å². The predicted molar refractivity (Wildman–Crippen MR) is 67.0 cm³/mol. The number of carbonyl (C=O) groups is 1. The molecule has 20 heavy (non-hydrogen) atoms. The van der Waals surface area contributed by atoms with E-state index in [4.69, 9.17) is 0 Å². The fourth-order valence-electron chi connectivity index (χ4n) is 2.63. The maximum Gasteiger partial charge on any atom is 0.471 e. The molecule has 1 amide bonds. The van der Waals surface area contributed by atoms with Crippen LogP contribution in [0.5, 0.6) is 0 Å². The molecular weight excluding hydrogens is 271 g/mol. The number of benzene rings is 1. The Balaban J connectivity index is 1.94. The van der Waals surface area contributed by atoms with Crippen molar-refractivity contribution in [2.75, 3.05) is 0 Å². The van der Waals surface area contributed by atoms with Crippen molar-refractivity contribution in [3.8, 4) is 0 Å². The van der Waals surface area contributed by atoms with Crippen LogP contribution in [0.25, 0.3) is 0 Å². The monoisotopic (exact) mass is 287 g/mol. The molecule has 1 aromatic carbocycles. The lowest BCUT2D eigenvalue weighted by atomic mass is 9.79. The third kappa shape index (κ3) is 3.50. The Bertz CT molecular complexity index is 461. The van der Waals surface area contributed by atoms with Crippen LogP contribution >= 0.6 is 0 Å². The van der Waals surface area contributed by atoms with E-state index in [0.717, 1.165) is 5.56 Å². The van der Waals surface area contributed by atoms with Crippen molar-refractivity contribution in [2.24, 2.45) is 0 Å². The number of alkyl halides is 3. The first kappa shape index (κ1) is 14.8. The summed E-state index contributed by atoms with van der Waals surface area (Å²) in [5.41, 5.74) is 0.973. The molecule has 0 bridgehead atoms. The van der Waals surface area contributed by atoms with Crippen LogP contribution in [0.15, 0.2) is 30.3 Å². The Hall–Kier alpha value is -1.56. The number of amides is 1. The normalized spacial score (nSPS) is 27.1. The van der Waals surface area contributed by atoms with E-state index in [0.29, 0.717) is 12.8 Å². The second-order valence-electron chi connectivity index (χ2n) is 5.07. The molecule has 110 valence electrons. The fourth-order valence-corrected chi connectivity index (χ4v) is 2.63. The zero-order valence-electron chi connectivity index (χ0n) is 10.7. The molecule has 3 nitrogen and oxygen atoms in total. The van der Waals surface area contributed by atoms with Gasteiger partial charge in [-0.25, -0.2) is 0 Å². The molecule has 2 rings (SSSR count). The largest absolute Gasteiger partial charge is 0.471 e. The Kier molecular flexibility index (Phi) is 4.32. The highest BCUT2D eigenvalue weighted by Crippen LogP contribution is 2.33. The number of aliphatic hydroxyl groups excluding tert-OH is 1. The molecule has 1 fully saturated rings. The molecule has 0 aromatic heterocycles. The summed E-state index contributed by atoms with van der Waals surface area (Å²) >= 11 is 0. The molecule has 0 spiro atoms. The minimum absolute atomic E-state index is 0.0877. The molecule has 6 heteroatoms. The highest BCUT2D eigenvalue weighted by atomic mass is 19.4. The van der Waals surface area contributed by atoms with E-state index in [-0.39, 0.29) is 12.3 Å². The quantitative estimate of drug-likeness (QED) is 0.877. The van der Waals surface area contributed by atoms with Gasteiger partial charge < -0.3 is 10.4 Å². The summed E-state index contributed by atoms with van der Waals surface area (Å²) in [5, 5.41) is 12.0. The molecule has 1 aliphatic carbocycles. The van der Waals surface area contributed by atoms with Gasteiger partial charge >= 0.3 is 12.1 Å². The van der Waals surface area contributed by atoms with Crippen molar-refractivity contribution < 1.29 is 23.1 Å². The molecule has 1 aromatic rings. The fraction of sp³-hybridized carbons (Fsp3) is 0.500. The Morgan fingerprint density at radius 3 is 2.40 bits per heavy atom. The highest BCUT2D eigenvalue weighted by molar-refractivity contribution is 5.81. The van der Waals surface area contributed by atoms with E-state index in [1.54, 1.807) is 0 Å². The predicted octanol–water partition coefficient (Wildman–Crippen LogP) is 2.36. The Morgan fingerprint density at radius 2 is 1.85 bits per heavy atom. The third-order valence-electron chi connectivity index (χ3n) is 3.64. The van der Waals surface area contributed by atoms with Crippen LogP contribution in [-0.4, -0.2) is 29.3 Å². The number of carbonyl (C=O) groups excluding carboxylic acids is 1. The van der Waals surface area contributed by atoms with Crippen LogP contribution in [0.2, 0.25) is 0 Å². The van der Waals surface area contributed by atoms with E-state index in [1.807, 2.05) is 35.6 Å². The van der Waals surface area contributed by atoms with E-state index in [9.17, 15) is 23.1 Å². The summed E-state index contributed by atoms with van der Waals surface area (Å²) in [6, 6.07) is 8.74. The first-order valence-corrected chi connectivity index (χ1v) is 6.48. The molecular formula is C14H16F3NO2. The van der Waals surface area contributed by atoms with Gasteiger partial charge in [-0.15, -0.1) is 0 Å². The van der Waals surface area contributed by atoms with Gasteiger partial charge in [0.2, 0.25) is 0 Å².